The second-order valence-electron chi connectivity index (χ2n) is 2.68. The minimum absolute atomic E-state index is 0.00435. The van der Waals surface area contributed by atoms with Crippen LogP contribution in [0.5, 0.6) is 0 Å². The number of benzene rings is 1. The Bertz CT molecular complexity index is 294. The van der Waals surface area contributed by atoms with Crippen LogP contribution in [0.15, 0.2) is 24.3 Å². The third-order valence-corrected chi connectivity index (χ3v) is 1.63. The molecule has 0 bridgehead atoms. The Morgan fingerprint density at radius 2 is 1.92 bits per heavy atom. The Morgan fingerprint density at radius 3 is 2.38 bits per heavy atom. The van der Waals surface area contributed by atoms with Gasteiger partial charge in [0.15, 0.2) is 6.10 Å². The van der Waals surface area contributed by atoms with Crippen LogP contribution in [0.4, 0.5) is 4.39 Å². The molecule has 0 radical (unpaired) electrons. The summed E-state index contributed by atoms with van der Waals surface area (Å²) in [6.07, 6.45) is -1.43. The summed E-state index contributed by atoms with van der Waals surface area (Å²) in [5.74, 6) is -1.65. The number of aliphatic carboxylic acids is 1. The van der Waals surface area contributed by atoms with Crippen molar-refractivity contribution in [3.8, 4) is 0 Å². The first-order valence-electron chi connectivity index (χ1n) is 3.75. The van der Waals surface area contributed by atoms with Crippen LogP contribution in [-0.2, 0) is 11.2 Å². The number of hydrogen-bond acceptors (Lipinski definition) is 2. The van der Waals surface area contributed by atoms with Crippen molar-refractivity contribution < 1.29 is 19.4 Å². The summed E-state index contributed by atoms with van der Waals surface area (Å²) >= 11 is 0. The third-order valence-electron chi connectivity index (χ3n) is 1.63. The molecule has 0 aromatic heterocycles. The van der Waals surface area contributed by atoms with Gasteiger partial charge in [0.1, 0.15) is 5.82 Å². The van der Waals surface area contributed by atoms with Crippen LogP contribution in [-0.4, -0.2) is 22.3 Å². The van der Waals surface area contributed by atoms with Gasteiger partial charge in [-0.2, -0.15) is 0 Å². The Hall–Kier alpha value is -1.42. The molecule has 0 heterocycles. The van der Waals surface area contributed by atoms with Crippen LogP contribution < -0.4 is 0 Å². The van der Waals surface area contributed by atoms with Crippen LogP contribution in [0.2, 0.25) is 0 Å². The van der Waals surface area contributed by atoms with Crippen LogP contribution >= 0.6 is 0 Å². The average molecular weight is 184 g/mol. The molecule has 0 unspecified atom stereocenters. The van der Waals surface area contributed by atoms with E-state index < -0.39 is 12.1 Å². The molecule has 0 saturated carbocycles. The van der Waals surface area contributed by atoms with Crippen molar-refractivity contribution in [3.63, 3.8) is 0 Å². The minimum Gasteiger partial charge on any atom is -0.479 e. The molecule has 1 atom stereocenters. The predicted octanol–water partition coefficient (Wildman–Crippen LogP) is 0.814. The van der Waals surface area contributed by atoms with E-state index >= 15 is 0 Å². The van der Waals surface area contributed by atoms with Gasteiger partial charge in [-0.05, 0) is 17.7 Å². The lowest BCUT2D eigenvalue weighted by atomic mass is 10.1. The fourth-order valence-electron chi connectivity index (χ4n) is 0.931. The summed E-state index contributed by atoms with van der Waals surface area (Å²) in [5.41, 5.74) is 0.594. The van der Waals surface area contributed by atoms with Crippen LogP contribution in [0.1, 0.15) is 5.56 Å². The van der Waals surface area contributed by atoms with E-state index in [2.05, 4.69) is 0 Å². The van der Waals surface area contributed by atoms with Gasteiger partial charge in [0, 0.05) is 6.42 Å². The lowest BCUT2D eigenvalue weighted by Crippen LogP contribution is -2.21. The quantitative estimate of drug-likeness (QED) is 0.730. The summed E-state index contributed by atoms with van der Waals surface area (Å²) < 4.78 is 12.4. The summed E-state index contributed by atoms with van der Waals surface area (Å²) in [7, 11) is 0. The molecule has 1 aromatic rings. The molecule has 0 saturated heterocycles. The normalized spacial score (nSPS) is 12.5. The van der Waals surface area contributed by atoms with E-state index in [1.807, 2.05) is 0 Å². The number of aliphatic hydroxyl groups excluding tert-OH is 1. The third kappa shape index (κ3) is 2.83. The zero-order chi connectivity index (χ0) is 9.84. The van der Waals surface area contributed by atoms with Crippen molar-refractivity contribution in [3.05, 3.63) is 35.6 Å². The number of carbonyl (C=O) groups is 1. The molecule has 0 spiro atoms. The fourth-order valence-corrected chi connectivity index (χ4v) is 0.931. The highest BCUT2D eigenvalue weighted by molar-refractivity contribution is 5.72. The van der Waals surface area contributed by atoms with E-state index in [0.29, 0.717) is 5.56 Å². The van der Waals surface area contributed by atoms with Crippen molar-refractivity contribution in [2.45, 2.75) is 12.5 Å². The molecule has 2 N–H and O–H groups in total. The summed E-state index contributed by atoms with van der Waals surface area (Å²) in [4.78, 5) is 10.2. The van der Waals surface area contributed by atoms with Gasteiger partial charge in [0.25, 0.3) is 0 Å². The summed E-state index contributed by atoms with van der Waals surface area (Å²) in [6, 6.07) is 5.34. The second kappa shape index (κ2) is 4.00. The molecule has 1 rings (SSSR count). The van der Waals surface area contributed by atoms with Gasteiger partial charge in [-0.1, -0.05) is 12.1 Å². The Balaban J connectivity index is 2.64. The topological polar surface area (TPSA) is 57.5 Å². The van der Waals surface area contributed by atoms with Gasteiger partial charge < -0.3 is 10.2 Å². The molecular weight excluding hydrogens is 175 g/mol. The highest BCUT2D eigenvalue weighted by Crippen LogP contribution is 2.05. The van der Waals surface area contributed by atoms with E-state index in [1.54, 1.807) is 0 Å². The largest absolute Gasteiger partial charge is 0.479 e. The number of rotatable bonds is 3. The van der Waals surface area contributed by atoms with Gasteiger partial charge in [0.05, 0.1) is 0 Å². The molecule has 0 fully saturated rings. The van der Waals surface area contributed by atoms with Crippen molar-refractivity contribution in [1.29, 1.82) is 0 Å². The Labute approximate surface area is 74.4 Å². The first-order valence-corrected chi connectivity index (χ1v) is 3.75. The van der Waals surface area contributed by atoms with Gasteiger partial charge in [-0.25, -0.2) is 9.18 Å². The molecule has 0 aliphatic heterocycles. The van der Waals surface area contributed by atoms with Crippen molar-refractivity contribution in [2.75, 3.05) is 0 Å². The predicted molar refractivity (Wildman–Crippen MR) is 43.7 cm³/mol. The molecule has 0 amide bonds. The van der Waals surface area contributed by atoms with Gasteiger partial charge >= 0.3 is 5.97 Å². The van der Waals surface area contributed by atoms with Gasteiger partial charge in [-0.15, -0.1) is 0 Å². The lowest BCUT2D eigenvalue weighted by Gasteiger charge is -2.04. The Morgan fingerprint density at radius 1 is 1.38 bits per heavy atom. The van der Waals surface area contributed by atoms with E-state index in [0.717, 1.165) is 0 Å². The lowest BCUT2D eigenvalue weighted by molar-refractivity contribution is -0.146. The maximum Gasteiger partial charge on any atom is 0.332 e. The van der Waals surface area contributed by atoms with Crippen molar-refractivity contribution in [1.82, 2.24) is 0 Å². The van der Waals surface area contributed by atoms with Crippen molar-refractivity contribution >= 4 is 5.97 Å². The van der Waals surface area contributed by atoms with Gasteiger partial charge in [-0.3, -0.25) is 0 Å². The maximum absolute atomic E-state index is 12.4. The van der Waals surface area contributed by atoms with E-state index in [4.69, 9.17) is 10.2 Å². The number of carboxylic acid groups (broad SMARTS) is 1. The molecular formula is C9H9FO3. The highest BCUT2D eigenvalue weighted by Gasteiger charge is 2.13. The number of aliphatic hydroxyl groups is 1. The highest BCUT2D eigenvalue weighted by atomic mass is 19.1. The average Bonchev–Trinajstić information content (AvgIpc) is 2.08. The first-order chi connectivity index (χ1) is 6.09. The fraction of sp³-hybridized carbons (Fsp3) is 0.222. The summed E-state index contributed by atoms with van der Waals surface area (Å²) in [6.45, 7) is 0. The minimum atomic E-state index is -1.43. The molecule has 70 valence electrons. The van der Waals surface area contributed by atoms with Crippen LogP contribution in [0.3, 0.4) is 0 Å². The first kappa shape index (κ1) is 9.67. The molecule has 4 heteroatoms. The molecule has 0 aliphatic rings. The smallest absolute Gasteiger partial charge is 0.332 e. The molecule has 0 aliphatic carbocycles. The van der Waals surface area contributed by atoms with Crippen LogP contribution in [0.25, 0.3) is 0 Å². The molecule has 13 heavy (non-hydrogen) atoms. The number of carboxylic acids is 1. The van der Waals surface area contributed by atoms with E-state index in [9.17, 15) is 9.18 Å². The maximum atomic E-state index is 12.4. The SMILES string of the molecule is O=C(O)[C@@H](O)Cc1ccc(F)cc1. The number of halogens is 1. The van der Waals surface area contributed by atoms with Crippen LogP contribution in [0, 0.1) is 5.82 Å². The van der Waals surface area contributed by atoms with Crippen molar-refractivity contribution in [2.24, 2.45) is 0 Å². The number of hydrogen-bond donors (Lipinski definition) is 2. The molecule has 1 aromatic carbocycles. The zero-order valence-electron chi connectivity index (χ0n) is 6.77. The second-order valence-corrected chi connectivity index (χ2v) is 2.68. The zero-order valence-corrected chi connectivity index (χ0v) is 6.77. The Kier molecular flexibility index (Phi) is 2.97. The van der Waals surface area contributed by atoms with Gasteiger partial charge in [0.2, 0.25) is 0 Å². The molecule has 3 nitrogen and oxygen atoms in total. The van der Waals surface area contributed by atoms with E-state index in [-0.39, 0.29) is 12.2 Å². The standard InChI is InChI=1S/C9H9FO3/c10-7-3-1-6(2-4-7)5-8(11)9(12)13/h1-4,8,11H,5H2,(H,12,13)/t8-/m0/s1. The van der Waals surface area contributed by atoms with E-state index in [1.165, 1.54) is 24.3 Å². The monoisotopic (exact) mass is 184 g/mol. The summed E-state index contributed by atoms with van der Waals surface area (Å²) in [5, 5.41) is 17.3.